The molecule has 0 aliphatic carbocycles. The Bertz CT molecular complexity index is 469. The number of carboxylic acid groups (broad SMARTS) is 1. The van der Waals surface area contributed by atoms with E-state index >= 15 is 0 Å². The van der Waals surface area contributed by atoms with E-state index in [1.807, 2.05) is 11.8 Å². The molecule has 1 aromatic rings. The Labute approximate surface area is 117 Å². The molecular weight excluding hydrogens is 262 g/mol. The number of hydrogen-bond acceptors (Lipinski definition) is 6. The Morgan fingerprint density at radius 2 is 2.35 bits per heavy atom. The molecule has 1 fully saturated rings. The molecule has 1 aromatic heterocycles. The van der Waals surface area contributed by atoms with Crippen LogP contribution in [0, 0.1) is 5.92 Å². The highest BCUT2D eigenvalue weighted by atomic mass is 16.5. The summed E-state index contributed by atoms with van der Waals surface area (Å²) in [5.74, 6) is -0.360. The van der Waals surface area contributed by atoms with E-state index in [4.69, 9.17) is 9.47 Å². The molecule has 0 spiro atoms. The molecule has 7 nitrogen and oxygen atoms in total. The number of nitrogens with zero attached hydrogens (tertiary/aromatic N) is 3. The van der Waals surface area contributed by atoms with E-state index in [1.54, 1.807) is 6.20 Å². The lowest BCUT2D eigenvalue weighted by molar-refractivity contribution is -0.141. The predicted octanol–water partition coefficient (Wildman–Crippen LogP) is 0.801. The topological polar surface area (TPSA) is 84.8 Å². The second kappa shape index (κ2) is 6.51. The van der Waals surface area contributed by atoms with E-state index in [2.05, 4.69) is 9.97 Å². The zero-order valence-electron chi connectivity index (χ0n) is 11.7. The normalized spacial score (nSPS) is 21.7. The molecule has 2 rings (SSSR count). The van der Waals surface area contributed by atoms with Gasteiger partial charge in [0.1, 0.15) is 5.92 Å². The highest BCUT2D eigenvalue weighted by Gasteiger charge is 2.38. The number of ether oxygens (including phenoxy) is 2. The lowest BCUT2D eigenvalue weighted by atomic mass is 10.0. The van der Waals surface area contributed by atoms with Gasteiger partial charge in [-0.25, -0.2) is 0 Å². The number of aliphatic carboxylic acids is 1. The number of methoxy groups -OCH3 is 1. The van der Waals surface area contributed by atoms with Crippen LogP contribution in [0.4, 0.5) is 5.82 Å². The SMILES string of the molecule is CCCN(c1cncc(OC)n1)C1COCC1C(=O)O. The maximum Gasteiger partial charge on any atom is 0.311 e. The monoisotopic (exact) mass is 281 g/mol. The lowest BCUT2D eigenvalue weighted by Crippen LogP contribution is -2.44. The molecule has 20 heavy (non-hydrogen) atoms. The summed E-state index contributed by atoms with van der Waals surface area (Å²) in [6.07, 6.45) is 4.02. The van der Waals surface area contributed by atoms with Gasteiger partial charge in [-0.15, -0.1) is 0 Å². The predicted molar refractivity (Wildman–Crippen MR) is 72.0 cm³/mol. The number of rotatable bonds is 6. The number of carboxylic acids is 1. The fourth-order valence-electron chi connectivity index (χ4n) is 2.35. The summed E-state index contributed by atoms with van der Waals surface area (Å²) < 4.78 is 10.4. The van der Waals surface area contributed by atoms with Crippen LogP contribution in [0.2, 0.25) is 0 Å². The van der Waals surface area contributed by atoms with Crippen molar-refractivity contribution >= 4 is 11.8 Å². The Kier molecular flexibility index (Phi) is 4.73. The van der Waals surface area contributed by atoms with Crippen molar-refractivity contribution in [3.05, 3.63) is 12.4 Å². The molecular formula is C13H19N3O4. The molecule has 2 unspecified atom stereocenters. The average Bonchev–Trinajstić information content (AvgIpc) is 2.94. The Balaban J connectivity index is 2.27. The lowest BCUT2D eigenvalue weighted by Gasteiger charge is -2.31. The highest BCUT2D eigenvalue weighted by molar-refractivity contribution is 5.72. The minimum absolute atomic E-state index is 0.228. The summed E-state index contributed by atoms with van der Waals surface area (Å²) in [7, 11) is 1.52. The molecule has 1 aliphatic heterocycles. The molecule has 2 heterocycles. The number of carbonyl (C=O) groups is 1. The number of hydrogen-bond donors (Lipinski definition) is 1. The minimum atomic E-state index is -0.843. The van der Waals surface area contributed by atoms with Crippen molar-refractivity contribution in [1.82, 2.24) is 9.97 Å². The minimum Gasteiger partial charge on any atom is -0.481 e. The summed E-state index contributed by atoms with van der Waals surface area (Å²) in [4.78, 5) is 21.7. The maximum absolute atomic E-state index is 11.3. The van der Waals surface area contributed by atoms with Crippen LogP contribution in [0.5, 0.6) is 5.88 Å². The standard InChI is InChI=1S/C13H19N3O4/c1-3-4-16(10-8-20-7-9(10)13(17)18)11-5-14-6-12(15-11)19-2/h5-6,9-10H,3-4,7-8H2,1-2H3,(H,17,18). The highest BCUT2D eigenvalue weighted by Crippen LogP contribution is 2.25. The van der Waals surface area contributed by atoms with Gasteiger partial charge in [0, 0.05) is 6.54 Å². The third kappa shape index (κ3) is 2.98. The van der Waals surface area contributed by atoms with Crippen LogP contribution in [0.1, 0.15) is 13.3 Å². The van der Waals surface area contributed by atoms with Crippen LogP contribution < -0.4 is 9.64 Å². The Morgan fingerprint density at radius 1 is 1.55 bits per heavy atom. The van der Waals surface area contributed by atoms with E-state index in [0.29, 0.717) is 24.8 Å². The van der Waals surface area contributed by atoms with E-state index in [0.717, 1.165) is 6.42 Å². The van der Waals surface area contributed by atoms with Gasteiger partial charge in [-0.2, -0.15) is 4.98 Å². The van der Waals surface area contributed by atoms with Crippen molar-refractivity contribution in [2.75, 3.05) is 31.8 Å². The van der Waals surface area contributed by atoms with E-state index in [9.17, 15) is 9.90 Å². The van der Waals surface area contributed by atoms with Crippen LogP contribution in [-0.2, 0) is 9.53 Å². The van der Waals surface area contributed by atoms with Gasteiger partial charge >= 0.3 is 5.97 Å². The zero-order chi connectivity index (χ0) is 14.5. The van der Waals surface area contributed by atoms with Crippen LogP contribution >= 0.6 is 0 Å². The van der Waals surface area contributed by atoms with Crippen molar-refractivity contribution in [3.63, 3.8) is 0 Å². The Morgan fingerprint density at radius 3 is 3.00 bits per heavy atom. The molecule has 0 bridgehead atoms. The summed E-state index contributed by atoms with van der Waals surface area (Å²) in [6, 6.07) is -0.228. The van der Waals surface area contributed by atoms with Gasteiger partial charge in [-0.3, -0.25) is 9.78 Å². The van der Waals surface area contributed by atoms with Gasteiger partial charge < -0.3 is 19.5 Å². The summed E-state index contributed by atoms with van der Waals surface area (Å²) in [6.45, 7) is 3.35. The van der Waals surface area contributed by atoms with Crippen molar-refractivity contribution in [3.8, 4) is 5.88 Å². The molecule has 0 aromatic carbocycles. The largest absolute Gasteiger partial charge is 0.481 e. The molecule has 1 N–H and O–H groups in total. The third-order valence-electron chi connectivity index (χ3n) is 3.34. The maximum atomic E-state index is 11.3. The smallest absolute Gasteiger partial charge is 0.311 e. The van der Waals surface area contributed by atoms with Gasteiger partial charge in [0.05, 0.1) is 38.8 Å². The molecule has 110 valence electrons. The van der Waals surface area contributed by atoms with Crippen LogP contribution in [0.3, 0.4) is 0 Å². The molecule has 7 heteroatoms. The van der Waals surface area contributed by atoms with E-state index in [1.165, 1.54) is 13.3 Å². The molecule has 1 saturated heterocycles. The molecule has 2 atom stereocenters. The number of anilines is 1. The summed E-state index contributed by atoms with van der Waals surface area (Å²) in [5, 5.41) is 9.28. The van der Waals surface area contributed by atoms with Crippen molar-refractivity contribution in [1.29, 1.82) is 0 Å². The molecule has 1 aliphatic rings. The number of aromatic nitrogens is 2. The Hall–Kier alpha value is -1.89. The van der Waals surface area contributed by atoms with E-state index < -0.39 is 11.9 Å². The van der Waals surface area contributed by atoms with Crippen molar-refractivity contribution in [2.45, 2.75) is 19.4 Å². The fourth-order valence-corrected chi connectivity index (χ4v) is 2.35. The van der Waals surface area contributed by atoms with Crippen LogP contribution in [-0.4, -0.2) is 54.0 Å². The average molecular weight is 281 g/mol. The van der Waals surface area contributed by atoms with Crippen molar-refractivity contribution < 1.29 is 19.4 Å². The first-order chi connectivity index (χ1) is 9.67. The summed E-state index contributed by atoms with van der Waals surface area (Å²) >= 11 is 0. The van der Waals surface area contributed by atoms with Gasteiger partial charge in [-0.05, 0) is 6.42 Å². The summed E-state index contributed by atoms with van der Waals surface area (Å²) in [5.41, 5.74) is 0. The third-order valence-corrected chi connectivity index (χ3v) is 3.34. The second-order valence-corrected chi connectivity index (χ2v) is 4.66. The first kappa shape index (κ1) is 14.5. The van der Waals surface area contributed by atoms with Crippen LogP contribution in [0.25, 0.3) is 0 Å². The zero-order valence-corrected chi connectivity index (χ0v) is 11.7. The van der Waals surface area contributed by atoms with Crippen molar-refractivity contribution in [2.24, 2.45) is 5.92 Å². The fraction of sp³-hybridized carbons (Fsp3) is 0.615. The van der Waals surface area contributed by atoms with Gasteiger partial charge in [0.25, 0.3) is 0 Å². The van der Waals surface area contributed by atoms with Gasteiger partial charge in [-0.1, -0.05) is 6.92 Å². The van der Waals surface area contributed by atoms with Gasteiger partial charge in [0.15, 0.2) is 5.82 Å². The molecule has 0 saturated carbocycles. The first-order valence-electron chi connectivity index (χ1n) is 6.60. The molecule has 0 radical (unpaired) electrons. The van der Waals surface area contributed by atoms with Crippen LogP contribution in [0.15, 0.2) is 12.4 Å². The van der Waals surface area contributed by atoms with Gasteiger partial charge in [0.2, 0.25) is 5.88 Å². The quantitative estimate of drug-likeness (QED) is 0.825. The molecule has 0 amide bonds. The first-order valence-corrected chi connectivity index (χ1v) is 6.60. The second-order valence-electron chi connectivity index (χ2n) is 4.66. The van der Waals surface area contributed by atoms with E-state index in [-0.39, 0.29) is 12.6 Å².